The number of rotatable bonds is 5. The van der Waals surface area contributed by atoms with E-state index in [4.69, 9.17) is 5.26 Å². The fraction of sp³-hybridized carbons (Fsp3) is 0.421. The van der Waals surface area contributed by atoms with Gasteiger partial charge in [-0.3, -0.25) is 0 Å². The summed E-state index contributed by atoms with van der Waals surface area (Å²) in [6.07, 6.45) is 0.797. The number of benzene rings is 1. The third kappa shape index (κ3) is 4.02. The molecule has 0 N–H and O–H groups in total. The van der Waals surface area contributed by atoms with Crippen molar-refractivity contribution in [2.24, 2.45) is 5.92 Å². The fourth-order valence-corrected chi connectivity index (χ4v) is 4.83. The molecule has 0 radical (unpaired) electrons. The van der Waals surface area contributed by atoms with Crippen molar-refractivity contribution in [3.05, 3.63) is 47.7 Å². The van der Waals surface area contributed by atoms with Crippen LogP contribution in [0.2, 0.25) is 0 Å². The van der Waals surface area contributed by atoms with Crippen LogP contribution in [-0.2, 0) is 9.84 Å². The van der Waals surface area contributed by atoms with Crippen LogP contribution in [-0.4, -0.2) is 37.5 Å². The average Bonchev–Trinajstić information content (AvgIpc) is 3.09. The first-order valence-electron chi connectivity index (χ1n) is 8.70. The summed E-state index contributed by atoms with van der Waals surface area (Å²) in [6.45, 7) is 5.54. The number of nitrogens with zero attached hydrogens (tertiary/aromatic N) is 4. The van der Waals surface area contributed by atoms with E-state index >= 15 is 0 Å². The highest BCUT2D eigenvalue weighted by atomic mass is 32.2. The van der Waals surface area contributed by atoms with E-state index in [0.717, 1.165) is 18.5 Å². The van der Waals surface area contributed by atoms with Gasteiger partial charge < -0.3 is 4.90 Å². The highest BCUT2D eigenvalue weighted by molar-refractivity contribution is 7.91. The maximum atomic E-state index is 12.7. The Hall–Kier alpha value is -2.46. The molecule has 1 aromatic carbocycles. The van der Waals surface area contributed by atoms with Crippen LogP contribution in [0, 0.1) is 17.2 Å². The first-order chi connectivity index (χ1) is 12.4. The van der Waals surface area contributed by atoms with Gasteiger partial charge in [0.05, 0.1) is 10.6 Å². The highest BCUT2D eigenvalue weighted by Gasteiger charge is 2.29. The predicted octanol–water partition coefficient (Wildman–Crippen LogP) is 2.77. The zero-order valence-corrected chi connectivity index (χ0v) is 15.8. The second kappa shape index (κ2) is 7.42. The monoisotopic (exact) mass is 370 g/mol. The minimum Gasteiger partial charge on any atom is -0.355 e. The lowest BCUT2D eigenvalue weighted by atomic mass is 10.0. The second-order valence-corrected chi connectivity index (χ2v) is 9.03. The minimum atomic E-state index is -3.31. The lowest BCUT2D eigenvalue weighted by Gasteiger charge is -2.17. The number of aromatic nitrogens is 2. The standard InChI is InChI=1S/C19H22N4O2S/c1-14(2)16-3-6-18(7-4-16)26(24,25)13-15-9-10-23(12-15)19-8-5-17(11-20)21-22-19/h3-8,14-15H,9-10,12-13H2,1-2H3/t15-/m0/s1. The van der Waals surface area contributed by atoms with Crippen molar-refractivity contribution in [3.8, 4) is 6.07 Å². The summed E-state index contributed by atoms with van der Waals surface area (Å²) in [4.78, 5) is 2.41. The Morgan fingerprint density at radius 2 is 1.92 bits per heavy atom. The van der Waals surface area contributed by atoms with Crippen molar-refractivity contribution in [1.29, 1.82) is 5.26 Å². The van der Waals surface area contributed by atoms with Gasteiger partial charge in [0.15, 0.2) is 21.3 Å². The molecule has 0 unspecified atom stereocenters. The van der Waals surface area contributed by atoms with E-state index in [2.05, 4.69) is 24.0 Å². The Kier molecular flexibility index (Phi) is 5.23. The van der Waals surface area contributed by atoms with E-state index < -0.39 is 9.84 Å². The van der Waals surface area contributed by atoms with E-state index in [1.54, 1.807) is 24.3 Å². The molecule has 0 aliphatic carbocycles. The highest BCUT2D eigenvalue weighted by Crippen LogP contribution is 2.26. The van der Waals surface area contributed by atoms with Crippen LogP contribution in [0.1, 0.15) is 37.4 Å². The second-order valence-electron chi connectivity index (χ2n) is 6.99. The van der Waals surface area contributed by atoms with Crippen LogP contribution in [0.4, 0.5) is 5.82 Å². The number of hydrogen-bond donors (Lipinski definition) is 0. The molecule has 1 saturated heterocycles. The molecule has 3 rings (SSSR count). The Morgan fingerprint density at radius 1 is 1.19 bits per heavy atom. The van der Waals surface area contributed by atoms with E-state index in [-0.39, 0.29) is 17.4 Å². The number of nitriles is 1. The van der Waals surface area contributed by atoms with Crippen molar-refractivity contribution in [2.75, 3.05) is 23.7 Å². The maximum Gasteiger partial charge on any atom is 0.178 e. The van der Waals surface area contributed by atoms with Gasteiger partial charge in [-0.25, -0.2) is 8.42 Å². The van der Waals surface area contributed by atoms with Gasteiger partial charge in [0.2, 0.25) is 0 Å². The van der Waals surface area contributed by atoms with Gasteiger partial charge in [-0.05, 0) is 48.1 Å². The molecular formula is C19H22N4O2S. The zero-order valence-electron chi connectivity index (χ0n) is 15.0. The largest absolute Gasteiger partial charge is 0.355 e. The van der Waals surface area contributed by atoms with Crippen molar-refractivity contribution in [1.82, 2.24) is 10.2 Å². The molecule has 6 nitrogen and oxygen atoms in total. The van der Waals surface area contributed by atoms with Crippen molar-refractivity contribution < 1.29 is 8.42 Å². The molecule has 7 heteroatoms. The zero-order chi connectivity index (χ0) is 18.7. The van der Waals surface area contributed by atoms with Gasteiger partial charge in [0.1, 0.15) is 6.07 Å². The van der Waals surface area contributed by atoms with E-state index in [1.165, 1.54) is 0 Å². The molecule has 0 amide bonds. The molecule has 2 heterocycles. The van der Waals surface area contributed by atoms with E-state index in [0.29, 0.717) is 23.2 Å². The summed E-state index contributed by atoms with van der Waals surface area (Å²) in [6, 6.07) is 12.5. The van der Waals surface area contributed by atoms with Crippen LogP contribution >= 0.6 is 0 Å². The first-order valence-corrected chi connectivity index (χ1v) is 10.4. The smallest absolute Gasteiger partial charge is 0.178 e. The molecule has 1 fully saturated rings. The van der Waals surface area contributed by atoms with Crippen LogP contribution in [0.25, 0.3) is 0 Å². The van der Waals surface area contributed by atoms with Gasteiger partial charge in [0, 0.05) is 13.1 Å². The SMILES string of the molecule is CC(C)c1ccc(S(=O)(=O)C[C@H]2CCN(c3ccc(C#N)nn3)C2)cc1. The average molecular weight is 370 g/mol. The Morgan fingerprint density at radius 3 is 2.50 bits per heavy atom. The molecule has 1 aliphatic heterocycles. The molecule has 0 bridgehead atoms. The van der Waals surface area contributed by atoms with Gasteiger partial charge >= 0.3 is 0 Å². The van der Waals surface area contributed by atoms with E-state index in [9.17, 15) is 8.42 Å². The molecule has 1 atom stereocenters. The van der Waals surface area contributed by atoms with Gasteiger partial charge in [-0.1, -0.05) is 26.0 Å². The van der Waals surface area contributed by atoms with E-state index in [1.807, 2.05) is 23.1 Å². The molecular weight excluding hydrogens is 348 g/mol. The van der Waals surface area contributed by atoms with Crippen molar-refractivity contribution in [2.45, 2.75) is 31.1 Å². The molecule has 26 heavy (non-hydrogen) atoms. The van der Waals surface area contributed by atoms with Gasteiger partial charge in [-0.15, -0.1) is 10.2 Å². The summed E-state index contributed by atoms with van der Waals surface area (Å²) < 4.78 is 25.4. The lowest BCUT2D eigenvalue weighted by Crippen LogP contribution is -2.24. The molecule has 2 aromatic rings. The summed E-state index contributed by atoms with van der Waals surface area (Å²) in [5.74, 6) is 1.25. The Balaban J connectivity index is 1.66. The Labute approximate surface area is 154 Å². The maximum absolute atomic E-state index is 12.7. The summed E-state index contributed by atoms with van der Waals surface area (Å²) in [5.41, 5.74) is 1.41. The van der Waals surface area contributed by atoms with Crippen LogP contribution in [0.15, 0.2) is 41.3 Å². The third-order valence-corrected chi connectivity index (χ3v) is 6.64. The Bertz CT molecular complexity index is 900. The van der Waals surface area contributed by atoms with Gasteiger partial charge in [-0.2, -0.15) is 5.26 Å². The summed E-state index contributed by atoms with van der Waals surface area (Å²) in [7, 11) is -3.31. The molecule has 0 spiro atoms. The lowest BCUT2D eigenvalue weighted by molar-refractivity contribution is 0.572. The van der Waals surface area contributed by atoms with Gasteiger partial charge in [0.25, 0.3) is 0 Å². The fourth-order valence-electron chi connectivity index (χ4n) is 3.20. The molecule has 0 saturated carbocycles. The van der Waals surface area contributed by atoms with Crippen molar-refractivity contribution >= 4 is 15.7 Å². The van der Waals surface area contributed by atoms with Crippen LogP contribution in [0.3, 0.4) is 0 Å². The van der Waals surface area contributed by atoms with Crippen molar-refractivity contribution in [3.63, 3.8) is 0 Å². The van der Waals surface area contributed by atoms with Crippen LogP contribution < -0.4 is 4.90 Å². The topological polar surface area (TPSA) is 87.0 Å². The predicted molar refractivity (Wildman–Crippen MR) is 99.7 cm³/mol. The first kappa shape index (κ1) is 18.3. The molecule has 1 aromatic heterocycles. The number of sulfone groups is 1. The minimum absolute atomic E-state index is 0.0576. The summed E-state index contributed by atoms with van der Waals surface area (Å²) in [5, 5.41) is 16.7. The molecule has 136 valence electrons. The number of anilines is 1. The number of hydrogen-bond acceptors (Lipinski definition) is 6. The summed E-state index contributed by atoms with van der Waals surface area (Å²) >= 11 is 0. The quantitative estimate of drug-likeness (QED) is 0.804. The third-order valence-electron chi connectivity index (χ3n) is 4.74. The molecule has 1 aliphatic rings. The van der Waals surface area contributed by atoms with Crippen LogP contribution in [0.5, 0.6) is 0 Å². The normalized spacial score (nSPS) is 17.5.